The topological polar surface area (TPSA) is 77.5 Å². The second kappa shape index (κ2) is 9.39. The van der Waals surface area contributed by atoms with Crippen LogP contribution in [0.1, 0.15) is 31.1 Å². The van der Waals surface area contributed by atoms with Crippen LogP contribution in [0.25, 0.3) is 22.2 Å². The number of benzene rings is 2. The number of carbonyl (C=O) groups excluding carboxylic acids is 2. The first-order chi connectivity index (χ1) is 14.4. The summed E-state index contributed by atoms with van der Waals surface area (Å²) in [5.74, 6) is -0.0204. The molecular weight excluding hydrogens is 380 g/mol. The average molecular weight is 406 g/mol. The molecule has 0 unspecified atom stereocenters. The number of pyridine rings is 1. The molecule has 0 aliphatic rings. The van der Waals surface area contributed by atoms with Gasteiger partial charge in [0.2, 0.25) is 0 Å². The zero-order valence-corrected chi connectivity index (χ0v) is 17.6. The van der Waals surface area contributed by atoms with Gasteiger partial charge in [-0.2, -0.15) is 0 Å². The highest BCUT2D eigenvalue weighted by molar-refractivity contribution is 6.05. The summed E-state index contributed by atoms with van der Waals surface area (Å²) >= 11 is 0. The van der Waals surface area contributed by atoms with Gasteiger partial charge in [-0.1, -0.05) is 44.2 Å². The minimum atomic E-state index is -0.583. The van der Waals surface area contributed by atoms with Gasteiger partial charge in [0.05, 0.1) is 23.9 Å². The predicted molar refractivity (Wildman–Crippen MR) is 116 cm³/mol. The first-order valence-corrected chi connectivity index (χ1v) is 9.89. The highest BCUT2D eigenvalue weighted by atomic mass is 16.5. The van der Waals surface area contributed by atoms with E-state index in [1.165, 1.54) is 0 Å². The summed E-state index contributed by atoms with van der Waals surface area (Å²) in [7, 11) is 1.56. The Morgan fingerprint density at radius 2 is 1.77 bits per heavy atom. The van der Waals surface area contributed by atoms with Gasteiger partial charge in [0.15, 0.2) is 6.61 Å². The third kappa shape index (κ3) is 4.95. The maximum atomic E-state index is 12.9. The number of nitrogens with zero attached hydrogens (tertiary/aromatic N) is 1. The Balaban J connectivity index is 1.92. The van der Waals surface area contributed by atoms with Crippen molar-refractivity contribution in [3.63, 3.8) is 0 Å². The number of nitrogens with one attached hydrogen (secondary N) is 1. The summed E-state index contributed by atoms with van der Waals surface area (Å²) in [6.07, 6.45) is 0. The highest BCUT2D eigenvalue weighted by Gasteiger charge is 2.18. The van der Waals surface area contributed by atoms with E-state index in [2.05, 4.69) is 10.3 Å². The smallest absolute Gasteiger partial charge is 0.339 e. The van der Waals surface area contributed by atoms with Crippen molar-refractivity contribution in [3.05, 3.63) is 60.2 Å². The Hall–Kier alpha value is -3.41. The van der Waals surface area contributed by atoms with Gasteiger partial charge in [-0.25, -0.2) is 9.78 Å². The van der Waals surface area contributed by atoms with E-state index >= 15 is 0 Å². The number of rotatable bonds is 7. The molecular formula is C24H26N2O4. The largest absolute Gasteiger partial charge is 0.497 e. The summed E-state index contributed by atoms with van der Waals surface area (Å²) in [4.78, 5) is 29.7. The first-order valence-electron chi connectivity index (χ1n) is 9.89. The van der Waals surface area contributed by atoms with Crippen molar-refractivity contribution >= 4 is 22.8 Å². The number of fused-ring (bicyclic) bond motifs is 1. The lowest BCUT2D eigenvalue weighted by molar-refractivity contribution is -0.125. The molecule has 0 fully saturated rings. The second-order valence-electron chi connectivity index (χ2n) is 7.48. The number of hydrogen-bond donors (Lipinski definition) is 1. The molecule has 1 N–H and O–H groups in total. The Kier molecular flexibility index (Phi) is 6.67. The maximum Gasteiger partial charge on any atom is 0.339 e. The van der Waals surface area contributed by atoms with Crippen LogP contribution in [-0.2, 0) is 9.53 Å². The number of esters is 1. The van der Waals surface area contributed by atoms with Crippen molar-refractivity contribution in [2.24, 2.45) is 5.92 Å². The van der Waals surface area contributed by atoms with Gasteiger partial charge in [-0.3, -0.25) is 4.79 Å². The predicted octanol–water partition coefficient (Wildman–Crippen LogP) is 4.23. The molecule has 156 valence electrons. The number of aromatic nitrogens is 1. The summed E-state index contributed by atoms with van der Waals surface area (Å²) in [6.45, 7) is 5.60. The van der Waals surface area contributed by atoms with E-state index in [4.69, 9.17) is 9.47 Å². The molecule has 0 radical (unpaired) electrons. The molecule has 3 aromatic rings. The third-order valence-corrected chi connectivity index (χ3v) is 5.03. The molecule has 30 heavy (non-hydrogen) atoms. The molecule has 0 aliphatic carbocycles. The van der Waals surface area contributed by atoms with Gasteiger partial charge >= 0.3 is 5.97 Å². The van der Waals surface area contributed by atoms with Crippen molar-refractivity contribution < 1.29 is 19.1 Å². The monoisotopic (exact) mass is 406 g/mol. The van der Waals surface area contributed by atoms with Gasteiger partial charge in [0.1, 0.15) is 5.75 Å². The van der Waals surface area contributed by atoms with E-state index in [1.54, 1.807) is 31.4 Å². The molecule has 0 saturated carbocycles. The molecule has 6 nitrogen and oxygen atoms in total. The van der Waals surface area contributed by atoms with Crippen LogP contribution in [-0.4, -0.2) is 36.6 Å². The maximum absolute atomic E-state index is 12.9. The lowest BCUT2D eigenvalue weighted by atomic mass is 10.0. The summed E-state index contributed by atoms with van der Waals surface area (Å²) in [5, 5.41) is 3.44. The molecule has 1 atom stereocenters. The molecule has 3 rings (SSSR count). The number of methoxy groups -OCH3 is 1. The molecule has 1 heterocycles. The summed E-state index contributed by atoms with van der Waals surface area (Å²) in [6, 6.07) is 16.6. The molecule has 6 heteroatoms. The lowest BCUT2D eigenvalue weighted by Crippen LogP contribution is -2.38. The van der Waals surface area contributed by atoms with Crippen LogP contribution in [0.5, 0.6) is 5.75 Å². The van der Waals surface area contributed by atoms with Gasteiger partial charge in [0, 0.05) is 17.0 Å². The zero-order chi connectivity index (χ0) is 21.7. The van der Waals surface area contributed by atoms with E-state index in [0.29, 0.717) is 27.9 Å². The number of hydrogen-bond acceptors (Lipinski definition) is 5. The van der Waals surface area contributed by atoms with Gasteiger partial charge < -0.3 is 14.8 Å². The van der Waals surface area contributed by atoms with Crippen LogP contribution in [0, 0.1) is 5.92 Å². The van der Waals surface area contributed by atoms with E-state index in [9.17, 15) is 9.59 Å². The van der Waals surface area contributed by atoms with Gasteiger partial charge in [0.25, 0.3) is 5.91 Å². The molecule has 1 aromatic heterocycles. The van der Waals surface area contributed by atoms with Crippen molar-refractivity contribution in [1.82, 2.24) is 10.3 Å². The Morgan fingerprint density at radius 3 is 2.43 bits per heavy atom. The number of carbonyl (C=O) groups is 2. The fourth-order valence-electron chi connectivity index (χ4n) is 2.93. The van der Waals surface area contributed by atoms with E-state index < -0.39 is 5.97 Å². The number of amides is 1. The zero-order valence-electron chi connectivity index (χ0n) is 17.6. The molecule has 0 bridgehead atoms. The quantitative estimate of drug-likeness (QED) is 0.594. The van der Waals surface area contributed by atoms with E-state index in [0.717, 1.165) is 5.56 Å². The standard InChI is InChI=1S/C24H26N2O4/c1-15(2)16(3)25-23(27)14-30-24(28)20-13-22(17-8-6-5-7-9-17)26-21-11-10-18(29-4)12-19(20)21/h5-13,15-16H,14H2,1-4H3,(H,25,27)/t16-/m1/s1. The van der Waals surface area contributed by atoms with Crippen molar-refractivity contribution in [2.75, 3.05) is 13.7 Å². The Morgan fingerprint density at radius 1 is 1.03 bits per heavy atom. The molecule has 1 amide bonds. The van der Waals surface area contributed by atoms with Crippen molar-refractivity contribution in [1.29, 1.82) is 0 Å². The van der Waals surface area contributed by atoms with E-state index in [1.807, 2.05) is 51.1 Å². The minimum absolute atomic E-state index is 0.00750. The summed E-state index contributed by atoms with van der Waals surface area (Å²) in [5.41, 5.74) is 2.51. The van der Waals surface area contributed by atoms with Gasteiger partial charge in [-0.15, -0.1) is 0 Å². The van der Waals surface area contributed by atoms with Crippen LogP contribution in [0.2, 0.25) is 0 Å². The molecule has 0 spiro atoms. The highest BCUT2D eigenvalue weighted by Crippen LogP contribution is 2.28. The second-order valence-corrected chi connectivity index (χ2v) is 7.48. The van der Waals surface area contributed by atoms with Crippen molar-refractivity contribution in [3.8, 4) is 17.0 Å². The fourth-order valence-corrected chi connectivity index (χ4v) is 2.93. The van der Waals surface area contributed by atoms with Crippen LogP contribution >= 0.6 is 0 Å². The molecule has 0 aliphatic heterocycles. The number of ether oxygens (including phenoxy) is 2. The first kappa shape index (κ1) is 21.3. The Labute approximate surface area is 176 Å². The van der Waals surface area contributed by atoms with Gasteiger partial charge in [-0.05, 0) is 37.1 Å². The van der Waals surface area contributed by atoms with Crippen LogP contribution in [0.4, 0.5) is 0 Å². The molecule has 2 aromatic carbocycles. The van der Waals surface area contributed by atoms with Crippen LogP contribution in [0.3, 0.4) is 0 Å². The SMILES string of the molecule is COc1ccc2nc(-c3ccccc3)cc(C(=O)OCC(=O)N[C@H](C)C(C)C)c2c1. The van der Waals surface area contributed by atoms with Crippen LogP contribution in [0.15, 0.2) is 54.6 Å². The fraction of sp³-hybridized carbons (Fsp3) is 0.292. The van der Waals surface area contributed by atoms with E-state index in [-0.39, 0.29) is 24.5 Å². The summed E-state index contributed by atoms with van der Waals surface area (Å²) < 4.78 is 10.6. The third-order valence-electron chi connectivity index (χ3n) is 5.03. The van der Waals surface area contributed by atoms with Crippen LogP contribution < -0.4 is 10.1 Å². The molecule has 0 saturated heterocycles. The average Bonchev–Trinajstić information content (AvgIpc) is 2.76. The Bertz CT molecular complexity index is 1050. The lowest BCUT2D eigenvalue weighted by Gasteiger charge is -2.17. The normalized spacial score (nSPS) is 11.9. The minimum Gasteiger partial charge on any atom is -0.497 e. The van der Waals surface area contributed by atoms with Crippen molar-refractivity contribution in [2.45, 2.75) is 26.8 Å².